The minimum Gasteiger partial charge on any atom is -0.454 e. The second-order valence-electron chi connectivity index (χ2n) is 3.14. The van der Waals surface area contributed by atoms with E-state index in [4.69, 9.17) is 9.47 Å². The molecule has 0 radical (unpaired) electrons. The minimum atomic E-state index is 0.371. The zero-order chi connectivity index (χ0) is 9.26. The van der Waals surface area contributed by atoms with Crippen LogP contribution in [0.5, 0.6) is 11.5 Å². The van der Waals surface area contributed by atoms with Crippen molar-refractivity contribution in [2.75, 3.05) is 6.79 Å². The fraction of sp³-hybridized carbons (Fsp3) is 0.455. The van der Waals surface area contributed by atoms with E-state index in [9.17, 15) is 0 Å². The van der Waals surface area contributed by atoms with Crippen LogP contribution in [0, 0.1) is 0 Å². The molecule has 2 heteroatoms. The predicted octanol–water partition coefficient (Wildman–Crippen LogP) is 2.54. The monoisotopic (exact) mass is 178 g/mol. The maximum atomic E-state index is 5.44. The van der Waals surface area contributed by atoms with Crippen molar-refractivity contribution in [3.05, 3.63) is 23.3 Å². The molecule has 0 saturated carbocycles. The van der Waals surface area contributed by atoms with Crippen LogP contribution in [0.2, 0.25) is 0 Å². The van der Waals surface area contributed by atoms with E-state index in [-0.39, 0.29) is 0 Å². The summed E-state index contributed by atoms with van der Waals surface area (Å²) in [6.07, 6.45) is 2.06. The van der Waals surface area contributed by atoms with Crippen molar-refractivity contribution in [3.8, 4) is 11.5 Å². The van der Waals surface area contributed by atoms with E-state index in [2.05, 4.69) is 19.9 Å². The second-order valence-corrected chi connectivity index (χ2v) is 3.14. The minimum absolute atomic E-state index is 0.371. The van der Waals surface area contributed by atoms with Crippen LogP contribution in [-0.4, -0.2) is 6.79 Å². The van der Waals surface area contributed by atoms with Gasteiger partial charge in [0, 0.05) is 5.56 Å². The Hall–Kier alpha value is -1.18. The smallest absolute Gasteiger partial charge is 0.231 e. The van der Waals surface area contributed by atoms with Crippen LogP contribution < -0.4 is 9.47 Å². The Bertz CT molecular complexity index is 318. The normalized spacial score (nSPS) is 13.4. The van der Waals surface area contributed by atoms with E-state index in [1.54, 1.807) is 0 Å². The first-order chi connectivity index (χ1) is 6.36. The van der Waals surface area contributed by atoms with Crippen LogP contribution in [-0.2, 0) is 12.8 Å². The number of hydrogen-bond donors (Lipinski definition) is 0. The van der Waals surface area contributed by atoms with Crippen molar-refractivity contribution >= 4 is 0 Å². The average molecular weight is 178 g/mol. The van der Waals surface area contributed by atoms with E-state index in [0.717, 1.165) is 24.3 Å². The molecule has 2 nitrogen and oxygen atoms in total. The van der Waals surface area contributed by atoms with Gasteiger partial charge in [0.2, 0.25) is 6.79 Å². The summed E-state index contributed by atoms with van der Waals surface area (Å²) in [7, 11) is 0. The molecule has 0 fully saturated rings. The molecule has 13 heavy (non-hydrogen) atoms. The maximum Gasteiger partial charge on any atom is 0.231 e. The quantitative estimate of drug-likeness (QED) is 0.692. The molecule has 1 aromatic rings. The Morgan fingerprint density at radius 2 is 2.00 bits per heavy atom. The van der Waals surface area contributed by atoms with E-state index >= 15 is 0 Å². The highest BCUT2D eigenvalue weighted by atomic mass is 16.7. The summed E-state index contributed by atoms with van der Waals surface area (Å²) in [6.45, 7) is 4.68. The number of benzene rings is 1. The van der Waals surface area contributed by atoms with E-state index < -0.39 is 0 Å². The van der Waals surface area contributed by atoms with Crippen LogP contribution >= 0.6 is 0 Å². The van der Waals surface area contributed by atoms with Crippen molar-refractivity contribution in [1.82, 2.24) is 0 Å². The van der Waals surface area contributed by atoms with E-state index in [1.807, 2.05) is 6.07 Å². The summed E-state index contributed by atoms with van der Waals surface area (Å²) in [5.74, 6) is 1.86. The number of fused-ring (bicyclic) bond motifs is 1. The Morgan fingerprint density at radius 3 is 2.69 bits per heavy atom. The summed E-state index contributed by atoms with van der Waals surface area (Å²) < 4.78 is 10.8. The fourth-order valence-electron chi connectivity index (χ4n) is 1.79. The summed E-state index contributed by atoms with van der Waals surface area (Å²) in [4.78, 5) is 0. The molecule has 0 N–H and O–H groups in total. The molecule has 0 atom stereocenters. The van der Waals surface area contributed by atoms with Crippen LogP contribution in [0.1, 0.15) is 25.0 Å². The molecule has 0 aliphatic carbocycles. The third-order valence-electron chi connectivity index (χ3n) is 2.47. The lowest BCUT2D eigenvalue weighted by Crippen LogP contribution is -1.95. The molecule has 0 unspecified atom stereocenters. The fourth-order valence-corrected chi connectivity index (χ4v) is 1.79. The van der Waals surface area contributed by atoms with Gasteiger partial charge in [0.05, 0.1) is 0 Å². The largest absolute Gasteiger partial charge is 0.454 e. The highest BCUT2D eigenvalue weighted by molar-refractivity contribution is 5.52. The van der Waals surface area contributed by atoms with Gasteiger partial charge in [-0.05, 0) is 24.5 Å². The van der Waals surface area contributed by atoms with Gasteiger partial charge in [-0.15, -0.1) is 0 Å². The third-order valence-corrected chi connectivity index (χ3v) is 2.47. The average Bonchev–Trinajstić information content (AvgIpc) is 2.63. The molecule has 0 aromatic heterocycles. The van der Waals surface area contributed by atoms with Gasteiger partial charge in [0.1, 0.15) is 0 Å². The molecule has 2 rings (SSSR count). The molecule has 0 amide bonds. The molecule has 0 bridgehead atoms. The van der Waals surface area contributed by atoms with Gasteiger partial charge < -0.3 is 9.47 Å². The lowest BCUT2D eigenvalue weighted by atomic mass is 10.0. The first kappa shape index (κ1) is 8.42. The van der Waals surface area contributed by atoms with Crippen LogP contribution in [0.25, 0.3) is 0 Å². The van der Waals surface area contributed by atoms with Crippen molar-refractivity contribution in [2.45, 2.75) is 26.7 Å². The van der Waals surface area contributed by atoms with Gasteiger partial charge in [0.15, 0.2) is 11.5 Å². The molecular weight excluding hydrogens is 164 g/mol. The van der Waals surface area contributed by atoms with Crippen molar-refractivity contribution in [2.24, 2.45) is 0 Å². The molecule has 0 spiro atoms. The van der Waals surface area contributed by atoms with Crippen LogP contribution in [0.15, 0.2) is 12.1 Å². The Balaban J connectivity index is 2.53. The Morgan fingerprint density at radius 1 is 1.15 bits per heavy atom. The zero-order valence-corrected chi connectivity index (χ0v) is 8.09. The molecule has 0 saturated heterocycles. The van der Waals surface area contributed by atoms with E-state index in [0.29, 0.717) is 6.79 Å². The molecule has 1 heterocycles. The van der Waals surface area contributed by atoms with Crippen molar-refractivity contribution < 1.29 is 9.47 Å². The topological polar surface area (TPSA) is 18.5 Å². The first-order valence-corrected chi connectivity index (χ1v) is 4.77. The van der Waals surface area contributed by atoms with Gasteiger partial charge in [0.25, 0.3) is 0 Å². The zero-order valence-electron chi connectivity index (χ0n) is 8.09. The number of ether oxygens (including phenoxy) is 2. The molecule has 1 aliphatic rings. The SMILES string of the molecule is CCc1ccc2c(c1CC)OCO2. The Kier molecular flexibility index (Phi) is 2.13. The maximum absolute atomic E-state index is 5.44. The number of rotatable bonds is 2. The summed E-state index contributed by atoms with van der Waals surface area (Å²) in [6, 6.07) is 4.13. The standard InChI is InChI=1S/C11H14O2/c1-3-8-5-6-10-11(9(8)4-2)13-7-12-10/h5-6H,3-4,7H2,1-2H3. The highest BCUT2D eigenvalue weighted by Crippen LogP contribution is 2.37. The van der Waals surface area contributed by atoms with Gasteiger partial charge in [-0.3, -0.25) is 0 Å². The van der Waals surface area contributed by atoms with Gasteiger partial charge >= 0.3 is 0 Å². The summed E-state index contributed by atoms with van der Waals surface area (Å²) in [5.41, 5.74) is 2.67. The summed E-state index contributed by atoms with van der Waals surface area (Å²) in [5, 5.41) is 0. The number of hydrogen-bond acceptors (Lipinski definition) is 2. The lowest BCUT2D eigenvalue weighted by Gasteiger charge is -2.08. The van der Waals surface area contributed by atoms with Crippen LogP contribution in [0.4, 0.5) is 0 Å². The summed E-state index contributed by atoms with van der Waals surface area (Å²) >= 11 is 0. The van der Waals surface area contributed by atoms with Gasteiger partial charge in [-0.25, -0.2) is 0 Å². The predicted molar refractivity (Wildman–Crippen MR) is 51.3 cm³/mol. The molecule has 70 valence electrons. The third kappa shape index (κ3) is 1.26. The van der Waals surface area contributed by atoms with Crippen LogP contribution in [0.3, 0.4) is 0 Å². The lowest BCUT2D eigenvalue weighted by molar-refractivity contribution is 0.173. The molecular formula is C11H14O2. The van der Waals surface area contributed by atoms with Gasteiger partial charge in [-0.2, -0.15) is 0 Å². The van der Waals surface area contributed by atoms with Gasteiger partial charge in [-0.1, -0.05) is 19.9 Å². The second kappa shape index (κ2) is 3.29. The number of aryl methyl sites for hydroxylation is 1. The van der Waals surface area contributed by atoms with Crippen molar-refractivity contribution in [1.29, 1.82) is 0 Å². The molecule has 1 aromatic carbocycles. The van der Waals surface area contributed by atoms with Crippen molar-refractivity contribution in [3.63, 3.8) is 0 Å². The van der Waals surface area contributed by atoms with E-state index in [1.165, 1.54) is 11.1 Å². The first-order valence-electron chi connectivity index (χ1n) is 4.77. The highest BCUT2D eigenvalue weighted by Gasteiger charge is 2.18. The Labute approximate surface area is 78.5 Å². The molecule has 1 aliphatic heterocycles.